The molecule has 0 saturated carbocycles. The average Bonchev–Trinajstić information content (AvgIpc) is 3.19. The lowest BCUT2D eigenvalue weighted by Gasteiger charge is -2.14. The fourth-order valence-electron chi connectivity index (χ4n) is 3.14. The Morgan fingerprint density at radius 3 is 1.53 bits per heavy atom. The maximum absolute atomic E-state index is 4.84. The van der Waals surface area contributed by atoms with Gasteiger partial charge in [-0.3, -0.25) is 9.97 Å². The van der Waals surface area contributed by atoms with Crippen molar-refractivity contribution in [2.45, 2.75) is 10.1 Å². The van der Waals surface area contributed by atoms with Gasteiger partial charge >= 0.3 is 0 Å². The first-order valence-corrected chi connectivity index (χ1v) is 12.4. The highest BCUT2D eigenvalue weighted by atomic mass is 32.3. The highest BCUT2D eigenvalue weighted by Gasteiger charge is 2.32. The van der Waals surface area contributed by atoms with Crippen molar-refractivity contribution in [3.05, 3.63) is 97.2 Å². The summed E-state index contributed by atoms with van der Waals surface area (Å²) >= 11 is 6.97. The summed E-state index contributed by atoms with van der Waals surface area (Å²) in [7, 11) is 0. The molecule has 5 heterocycles. The number of para-hydroxylation sites is 2. The van der Waals surface area contributed by atoms with Crippen LogP contribution in [-0.4, -0.2) is 19.9 Å². The standard InChI is InChI=1S/C22H12N4S4/c1-2-8-14-13(7-1)25-18-19(26-14)28-22-21(27-18)29-20(30-22)17(15-9-3-5-11-23-15)16-10-4-6-12-24-16/h1-12H. The van der Waals surface area contributed by atoms with Gasteiger partial charge < -0.3 is 0 Å². The minimum Gasteiger partial charge on any atom is -0.256 e. The summed E-state index contributed by atoms with van der Waals surface area (Å²) in [6, 6.07) is 20.0. The van der Waals surface area contributed by atoms with E-state index in [2.05, 4.69) is 9.97 Å². The lowest BCUT2D eigenvalue weighted by atomic mass is 10.1. The smallest absolute Gasteiger partial charge is 0.135 e. The molecule has 0 fully saturated rings. The van der Waals surface area contributed by atoms with Crippen molar-refractivity contribution in [2.24, 2.45) is 0 Å². The molecule has 2 aliphatic heterocycles. The maximum atomic E-state index is 4.84. The maximum Gasteiger partial charge on any atom is 0.135 e. The van der Waals surface area contributed by atoms with E-state index in [1.807, 2.05) is 73.1 Å². The lowest BCUT2D eigenvalue weighted by Crippen LogP contribution is -1.95. The van der Waals surface area contributed by atoms with Crippen molar-refractivity contribution < 1.29 is 0 Å². The van der Waals surface area contributed by atoms with Gasteiger partial charge in [0.1, 0.15) is 10.1 Å². The number of hydrogen-bond acceptors (Lipinski definition) is 8. The van der Waals surface area contributed by atoms with Crippen molar-refractivity contribution in [1.82, 2.24) is 19.9 Å². The summed E-state index contributed by atoms with van der Waals surface area (Å²) in [5.41, 5.74) is 4.79. The second kappa shape index (κ2) is 7.77. The molecule has 30 heavy (non-hydrogen) atoms. The van der Waals surface area contributed by atoms with Gasteiger partial charge in [-0.2, -0.15) is 0 Å². The van der Waals surface area contributed by atoms with Crippen LogP contribution in [0.25, 0.3) is 16.6 Å². The molecular weight excluding hydrogens is 449 g/mol. The highest BCUT2D eigenvalue weighted by Crippen LogP contribution is 2.64. The van der Waals surface area contributed by atoms with E-state index in [1.54, 1.807) is 47.0 Å². The van der Waals surface area contributed by atoms with E-state index in [1.165, 1.54) is 12.7 Å². The Bertz CT molecular complexity index is 1240. The second-order valence-corrected chi connectivity index (χ2v) is 11.2. The van der Waals surface area contributed by atoms with Gasteiger partial charge in [0, 0.05) is 18.0 Å². The van der Waals surface area contributed by atoms with Crippen LogP contribution in [0.1, 0.15) is 11.4 Å². The van der Waals surface area contributed by atoms with Crippen molar-refractivity contribution in [3.8, 4) is 0 Å². The summed E-state index contributed by atoms with van der Waals surface area (Å²) in [6.07, 6.45) is 3.66. The van der Waals surface area contributed by atoms with Crippen LogP contribution in [0.2, 0.25) is 0 Å². The number of pyridine rings is 2. The normalized spacial score (nSPS) is 15.3. The SMILES string of the molecule is c1ccc(C(=C2SC3=C(S2)Sc2nc4ccccc4nc2S3)c2ccccn2)nc1. The molecule has 2 aliphatic rings. The van der Waals surface area contributed by atoms with Crippen molar-refractivity contribution in [3.63, 3.8) is 0 Å². The molecule has 4 aromatic rings. The van der Waals surface area contributed by atoms with E-state index < -0.39 is 0 Å². The third-order valence-electron chi connectivity index (χ3n) is 4.47. The molecule has 0 unspecified atom stereocenters. The Kier molecular flexibility index (Phi) is 4.79. The fourth-order valence-corrected chi connectivity index (χ4v) is 8.88. The molecule has 144 valence electrons. The Balaban J connectivity index is 1.41. The molecular formula is C22H12N4S4. The molecule has 0 atom stereocenters. The topological polar surface area (TPSA) is 51.6 Å². The third-order valence-corrected chi connectivity index (χ3v) is 9.91. The average molecular weight is 461 g/mol. The van der Waals surface area contributed by atoms with Gasteiger partial charge in [-0.1, -0.05) is 71.3 Å². The van der Waals surface area contributed by atoms with Gasteiger partial charge in [0.15, 0.2) is 0 Å². The molecule has 0 radical (unpaired) electrons. The Hall–Kier alpha value is -2.26. The van der Waals surface area contributed by atoms with Crippen LogP contribution >= 0.6 is 47.0 Å². The number of rotatable bonds is 2. The molecule has 0 N–H and O–H groups in total. The largest absolute Gasteiger partial charge is 0.256 e. The molecule has 0 bridgehead atoms. The first-order chi connectivity index (χ1) is 14.8. The Labute approximate surface area is 190 Å². The van der Waals surface area contributed by atoms with Gasteiger partial charge in [-0.05, 0) is 36.4 Å². The van der Waals surface area contributed by atoms with Gasteiger partial charge in [0.2, 0.25) is 0 Å². The number of benzene rings is 1. The van der Waals surface area contributed by atoms with Crippen LogP contribution in [0.15, 0.2) is 95.8 Å². The van der Waals surface area contributed by atoms with Crippen LogP contribution in [0.3, 0.4) is 0 Å². The highest BCUT2D eigenvalue weighted by molar-refractivity contribution is 8.41. The molecule has 1 aromatic carbocycles. The molecule has 8 heteroatoms. The third kappa shape index (κ3) is 3.33. The van der Waals surface area contributed by atoms with Gasteiger partial charge in [0.25, 0.3) is 0 Å². The quantitative estimate of drug-likeness (QED) is 0.330. The van der Waals surface area contributed by atoms with Crippen LogP contribution < -0.4 is 0 Å². The fraction of sp³-hybridized carbons (Fsp3) is 0. The van der Waals surface area contributed by atoms with Crippen LogP contribution in [0.5, 0.6) is 0 Å². The van der Waals surface area contributed by atoms with Crippen LogP contribution in [0.4, 0.5) is 0 Å². The molecule has 0 spiro atoms. The minimum absolute atomic E-state index is 0.931. The van der Waals surface area contributed by atoms with Crippen molar-refractivity contribution in [2.75, 3.05) is 0 Å². The van der Waals surface area contributed by atoms with E-state index in [-0.39, 0.29) is 0 Å². The minimum atomic E-state index is 0.931. The first kappa shape index (κ1) is 18.5. The Morgan fingerprint density at radius 1 is 0.567 bits per heavy atom. The first-order valence-electron chi connectivity index (χ1n) is 9.15. The van der Waals surface area contributed by atoms with Crippen molar-refractivity contribution in [1.29, 1.82) is 0 Å². The second-order valence-electron chi connectivity index (χ2n) is 6.40. The summed E-state index contributed by atoms with van der Waals surface area (Å²) in [6.45, 7) is 0. The Morgan fingerprint density at radius 2 is 1.07 bits per heavy atom. The number of hydrogen-bond donors (Lipinski definition) is 0. The summed E-state index contributed by atoms with van der Waals surface area (Å²) in [5, 5.41) is 1.95. The lowest BCUT2D eigenvalue weighted by molar-refractivity contribution is 0.974. The predicted molar refractivity (Wildman–Crippen MR) is 128 cm³/mol. The summed E-state index contributed by atoms with van der Waals surface area (Å²) in [4.78, 5) is 18.9. The molecule has 6 rings (SSSR count). The van der Waals surface area contributed by atoms with E-state index in [0.717, 1.165) is 38.0 Å². The van der Waals surface area contributed by atoms with Crippen LogP contribution in [-0.2, 0) is 0 Å². The molecule has 0 aliphatic carbocycles. The number of fused-ring (bicyclic) bond motifs is 2. The van der Waals surface area contributed by atoms with Crippen LogP contribution in [0, 0.1) is 0 Å². The zero-order chi connectivity index (χ0) is 19.9. The number of aromatic nitrogens is 4. The van der Waals surface area contributed by atoms with E-state index in [9.17, 15) is 0 Å². The molecule has 4 nitrogen and oxygen atoms in total. The zero-order valence-electron chi connectivity index (χ0n) is 15.4. The van der Waals surface area contributed by atoms with E-state index in [0.29, 0.717) is 0 Å². The summed E-state index contributed by atoms with van der Waals surface area (Å²) < 4.78 is 3.69. The monoisotopic (exact) mass is 460 g/mol. The van der Waals surface area contributed by atoms with E-state index >= 15 is 0 Å². The predicted octanol–water partition coefficient (Wildman–Crippen LogP) is 6.64. The van der Waals surface area contributed by atoms with Gasteiger partial charge in [-0.25, -0.2) is 9.97 Å². The molecule has 3 aromatic heterocycles. The molecule has 0 amide bonds. The zero-order valence-corrected chi connectivity index (χ0v) is 18.6. The van der Waals surface area contributed by atoms with Gasteiger partial charge in [-0.15, -0.1) is 0 Å². The molecule has 0 saturated heterocycles. The van der Waals surface area contributed by atoms with E-state index in [4.69, 9.17) is 9.97 Å². The number of thioether (sulfide) groups is 4. The number of nitrogens with zero attached hydrogens (tertiary/aromatic N) is 4. The van der Waals surface area contributed by atoms with Gasteiger partial charge in [0.05, 0.1) is 35.1 Å². The van der Waals surface area contributed by atoms with Crippen molar-refractivity contribution >= 4 is 63.7 Å². The summed E-state index contributed by atoms with van der Waals surface area (Å²) in [5.74, 6) is 0.